The van der Waals surface area contributed by atoms with Crippen LogP contribution < -0.4 is 0 Å². The van der Waals surface area contributed by atoms with E-state index in [1.54, 1.807) is 0 Å². The lowest BCUT2D eigenvalue weighted by Crippen LogP contribution is -2.55. The van der Waals surface area contributed by atoms with Gasteiger partial charge < -0.3 is 4.90 Å². The molecule has 5 fully saturated rings. The molecule has 6 rings (SSSR count). The van der Waals surface area contributed by atoms with Crippen molar-refractivity contribution in [3.63, 3.8) is 0 Å². The molecule has 25 heavy (non-hydrogen) atoms. The zero-order valence-electron chi connectivity index (χ0n) is 15.3. The summed E-state index contributed by atoms with van der Waals surface area (Å²) in [6.07, 6.45) is 11.4. The van der Waals surface area contributed by atoms with Crippen LogP contribution in [0.15, 0.2) is 30.3 Å². The van der Waals surface area contributed by atoms with Crippen LogP contribution in [0, 0.1) is 29.1 Å². The molecule has 5 aliphatic rings. The first-order chi connectivity index (χ1) is 12.2. The Hall–Kier alpha value is -1.31. The first kappa shape index (κ1) is 15.9. The number of likely N-dealkylation sites (tertiary alicyclic amines) is 1. The van der Waals surface area contributed by atoms with Crippen molar-refractivity contribution in [2.45, 2.75) is 57.8 Å². The first-order valence-corrected chi connectivity index (χ1v) is 10.5. The van der Waals surface area contributed by atoms with Crippen LogP contribution in [0.4, 0.5) is 0 Å². The molecule has 0 N–H and O–H groups in total. The highest BCUT2D eigenvalue weighted by Gasteiger charge is 2.57. The van der Waals surface area contributed by atoms with Crippen LogP contribution >= 0.6 is 0 Å². The summed E-state index contributed by atoms with van der Waals surface area (Å²) in [6, 6.07) is 11.0. The van der Waals surface area contributed by atoms with Gasteiger partial charge >= 0.3 is 0 Å². The van der Waals surface area contributed by atoms with Crippen molar-refractivity contribution in [1.29, 1.82) is 0 Å². The van der Waals surface area contributed by atoms with Crippen LogP contribution in [-0.2, 0) is 11.2 Å². The fourth-order valence-corrected chi connectivity index (χ4v) is 7.10. The molecule has 0 spiro atoms. The minimum absolute atomic E-state index is 0.244. The molecular formula is C23H31NO. The third kappa shape index (κ3) is 2.73. The second-order valence-electron chi connectivity index (χ2n) is 9.46. The summed E-state index contributed by atoms with van der Waals surface area (Å²) in [6.45, 7) is 2.00. The van der Waals surface area contributed by atoms with E-state index in [1.807, 2.05) is 0 Å². The predicted octanol–water partition coefficient (Wildman–Crippen LogP) is 4.68. The van der Waals surface area contributed by atoms with E-state index in [2.05, 4.69) is 35.2 Å². The number of carbonyl (C=O) groups is 1. The minimum atomic E-state index is 0.244. The molecule has 1 aliphatic heterocycles. The van der Waals surface area contributed by atoms with Gasteiger partial charge in [-0.2, -0.15) is 0 Å². The van der Waals surface area contributed by atoms with Crippen LogP contribution in [0.25, 0.3) is 0 Å². The molecular weight excluding hydrogens is 306 g/mol. The standard InChI is InChI=1S/C23H31NO/c25-22(24-8-4-5-9-24)16-23(15-17-6-2-1-3-7-17)20-11-18-10-19(13-20)14-21(23)12-18/h1-3,6-7,18-21H,4-5,8-16H2. The van der Waals surface area contributed by atoms with E-state index in [9.17, 15) is 4.79 Å². The Morgan fingerprint density at radius 1 is 0.920 bits per heavy atom. The van der Waals surface area contributed by atoms with Crippen molar-refractivity contribution in [3.05, 3.63) is 35.9 Å². The maximum absolute atomic E-state index is 13.2. The van der Waals surface area contributed by atoms with Crippen LogP contribution in [0.3, 0.4) is 0 Å². The molecule has 1 amide bonds. The summed E-state index contributed by atoms with van der Waals surface area (Å²) >= 11 is 0. The van der Waals surface area contributed by atoms with Crippen molar-refractivity contribution in [3.8, 4) is 0 Å². The number of hydrogen-bond acceptors (Lipinski definition) is 1. The van der Waals surface area contributed by atoms with Gasteiger partial charge in [0.15, 0.2) is 0 Å². The SMILES string of the molecule is O=C(CC1(Cc2ccccc2)C2CC3CC(C2)CC1C3)N1CCCC1. The summed E-state index contributed by atoms with van der Waals surface area (Å²) in [4.78, 5) is 15.3. The van der Waals surface area contributed by atoms with E-state index in [0.29, 0.717) is 5.91 Å². The smallest absolute Gasteiger partial charge is 0.223 e. The Bertz CT molecular complexity index is 603. The molecule has 134 valence electrons. The number of amides is 1. The lowest BCUT2D eigenvalue weighted by Gasteiger charge is -2.61. The fraction of sp³-hybridized carbons (Fsp3) is 0.696. The van der Waals surface area contributed by atoms with Crippen LogP contribution in [0.1, 0.15) is 56.9 Å². The fourth-order valence-electron chi connectivity index (χ4n) is 7.10. The van der Waals surface area contributed by atoms with Gasteiger partial charge in [0.05, 0.1) is 0 Å². The maximum Gasteiger partial charge on any atom is 0.223 e. The molecule has 4 saturated carbocycles. The average molecular weight is 338 g/mol. The van der Waals surface area contributed by atoms with Gasteiger partial charge in [-0.3, -0.25) is 4.79 Å². The Morgan fingerprint density at radius 3 is 2.12 bits per heavy atom. The lowest BCUT2D eigenvalue weighted by molar-refractivity contribution is -0.148. The predicted molar refractivity (Wildman–Crippen MR) is 100 cm³/mol. The normalized spacial score (nSPS) is 39.1. The second kappa shape index (κ2) is 6.14. The summed E-state index contributed by atoms with van der Waals surface area (Å²) in [5.41, 5.74) is 1.69. The van der Waals surface area contributed by atoms with Gasteiger partial charge in [0.1, 0.15) is 0 Å². The lowest BCUT2D eigenvalue weighted by atomic mass is 9.43. The minimum Gasteiger partial charge on any atom is -0.343 e. The molecule has 4 bridgehead atoms. The van der Waals surface area contributed by atoms with Crippen LogP contribution in [0.2, 0.25) is 0 Å². The molecule has 0 atom stereocenters. The number of benzene rings is 1. The second-order valence-corrected chi connectivity index (χ2v) is 9.46. The van der Waals surface area contributed by atoms with Gasteiger partial charge in [-0.25, -0.2) is 0 Å². The Morgan fingerprint density at radius 2 is 1.52 bits per heavy atom. The molecule has 1 aromatic rings. The highest BCUT2D eigenvalue weighted by Crippen LogP contribution is 2.64. The van der Waals surface area contributed by atoms with E-state index in [4.69, 9.17) is 0 Å². The van der Waals surface area contributed by atoms with Crippen molar-refractivity contribution >= 4 is 5.91 Å². The van der Waals surface area contributed by atoms with Gasteiger partial charge in [-0.1, -0.05) is 30.3 Å². The third-order valence-corrected chi connectivity index (χ3v) is 8.08. The molecule has 2 heteroatoms. The van der Waals surface area contributed by atoms with Crippen LogP contribution in [-0.4, -0.2) is 23.9 Å². The molecule has 0 unspecified atom stereocenters. The largest absolute Gasteiger partial charge is 0.343 e. The summed E-state index contributed by atoms with van der Waals surface area (Å²) < 4.78 is 0. The molecule has 1 aromatic carbocycles. The first-order valence-electron chi connectivity index (χ1n) is 10.5. The quantitative estimate of drug-likeness (QED) is 0.781. The maximum atomic E-state index is 13.2. The number of hydrogen-bond donors (Lipinski definition) is 0. The Kier molecular flexibility index (Phi) is 3.91. The van der Waals surface area contributed by atoms with Gasteiger partial charge in [0, 0.05) is 19.5 Å². The van der Waals surface area contributed by atoms with E-state index >= 15 is 0 Å². The summed E-state index contributed by atoms with van der Waals surface area (Å²) in [7, 11) is 0. The Labute approximate surface area is 152 Å². The van der Waals surface area contributed by atoms with E-state index in [-0.39, 0.29) is 5.41 Å². The zero-order chi connectivity index (χ0) is 16.9. The Balaban J connectivity index is 1.46. The number of rotatable bonds is 4. The van der Waals surface area contributed by atoms with Crippen molar-refractivity contribution in [2.75, 3.05) is 13.1 Å². The third-order valence-electron chi connectivity index (χ3n) is 8.08. The summed E-state index contributed by atoms with van der Waals surface area (Å²) in [5, 5.41) is 0. The van der Waals surface area contributed by atoms with Crippen LogP contribution in [0.5, 0.6) is 0 Å². The molecule has 2 nitrogen and oxygen atoms in total. The zero-order valence-corrected chi connectivity index (χ0v) is 15.3. The van der Waals surface area contributed by atoms with E-state index in [1.165, 1.54) is 50.5 Å². The van der Waals surface area contributed by atoms with Gasteiger partial charge in [-0.05, 0) is 86.0 Å². The molecule has 1 heterocycles. The molecule has 0 radical (unpaired) electrons. The van der Waals surface area contributed by atoms with E-state index in [0.717, 1.165) is 49.6 Å². The summed E-state index contributed by atoms with van der Waals surface area (Å²) in [5.74, 6) is 3.97. The molecule has 4 aliphatic carbocycles. The van der Waals surface area contributed by atoms with Gasteiger partial charge in [-0.15, -0.1) is 0 Å². The monoisotopic (exact) mass is 337 g/mol. The van der Waals surface area contributed by atoms with Gasteiger partial charge in [0.2, 0.25) is 5.91 Å². The molecule has 1 saturated heterocycles. The molecule has 0 aromatic heterocycles. The van der Waals surface area contributed by atoms with Crippen molar-refractivity contribution in [1.82, 2.24) is 4.90 Å². The highest BCUT2D eigenvalue weighted by atomic mass is 16.2. The highest BCUT2D eigenvalue weighted by molar-refractivity contribution is 5.77. The number of carbonyl (C=O) groups excluding carboxylic acids is 1. The topological polar surface area (TPSA) is 20.3 Å². The van der Waals surface area contributed by atoms with E-state index < -0.39 is 0 Å². The number of nitrogens with zero attached hydrogens (tertiary/aromatic N) is 1. The average Bonchev–Trinajstić information content (AvgIpc) is 3.14. The van der Waals surface area contributed by atoms with Gasteiger partial charge in [0.25, 0.3) is 0 Å². The van der Waals surface area contributed by atoms with Crippen molar-refractivity contribution in [2.24, 2.45) is 29.1 Å². The van der Waals surface area contributed by atoms with Crippen molar-refractivity contribution < 1.29 is 4.79 Å².